The molecule has 1 heterocycles. The van der Waals surface area contributed by atoms with E-state index in [9.17, 15) is 15.4 Å². The van der Waals surface area contributed by atoms with Crippen molar-refractivity contribution in [1.82, 2.24) is 4.98 Å². The van der Waals surface area contributed by atoms with Crippen LogP contribution in [-0.4, -0.2) is 23.2 Å². The number of benzene rings is 2. The van der Waals surface area contributed by atoms with Crippen molar-refractivity contribution in [3.05, 3.63) is 86.0 Å². The van der Waals surface area contributed by atoms with E-state index in [0.717, 1.165) is 5.56 Å². The van der Waals surface area contributed by atoms with E-state index in [4.69, 9.17) is 9.47 Å². The van der Waals surface area contributed by atoms with Crippen LogP contribution in [0.3, 0.4) is 0 Å². The van der Waals surface area contributed by atoms with Crippen LogP contribution in [0.25, 0.3) is 0 Å². The number of aromatic nitrogens is 1. The third-order valence-electron chi connectivity index (χ3n) is 4.16. The highest BCUT2D eigenvalue weighted by Gasteiger charge is 2.14. The van der Waals surface area contributed by atoms with Gasteiger partial charge in [-0.3, -0.25) is 15.5 Å². The summed E-state index contributed by atoms with van der Waals surface area (Å²) in [4.78, 5) is 14.4. The number of ether oxygens (including phenoxy) is 2. The zero-order chi connectivity index (χ0) is 22.2. The van der Waals surface area contributed by atoms with Gasteiger partial charge in [-0.25, -0.2) is 4.98 Å². The molecule has 3 aromatic rings. The number of nitrogens with zero attached hydrogens (tertiary/aromatic N) is 4. The first-order valence-electron chi connectivity index (χ1n) is 8.90. The SMILES string of the molecule is COc1cc(/C=N\Nc2ncccc2[N+](=O)[O-])c(Br)cc1OCc1ccccc1C#N. The van der Waals surface area contributed by atoms with Crippen LogP contribution < -0.4 is 14.9 Å². The summed E-state index contributed by atoms with van der Waals surface area (Å²) in [5, 5.41) is 24.3. The number of hydrogen-bond donors (Lipinski definition) is 1. The Bertz CT molecular complexity index is 1180. The second kappa shape index (κ2) is 10.2. The molecule has 0 aliphatic rings. The highest BCUT2D eigenvalue weighted by Crippen LogP contribution is 2.33. The molecule has 10 heteroatoms. The van der Waals surface area contributed by atoms with E-state index in [1.54, 1.807) is 24.3 Å². The Labute approximate surface area is 186 Å². The van der Waals surface area contributed by atoms with Crippen molar-refractivity contribution < 1.29 is 14.4 Å². The fraction of sp³-hybridized carbons (Fsp3) is 0.0952. The van der Waals surface area contributed by atoms with Gasteiger partial charge in [0.1, 0.15) is 6.61 Å². The van der Waals surface area contributed by atoms with Crippen molar-refractivity contribution in [2.75, 3.05) is 12.5 Å². The van der Waals surface area contributed by atoms with Gasteiger partial charge in [-0.1, -0.05) is 18.2 Å². The summed E-state index contributed by atoms with van der Waals surface area (Å²) in [6.07, 6.45) is 2.90. The van der Waals surface area contributed by atoms with E-state index >= 15 is 0 Å². The molecule has 1 aromatic heterocycles. The fourth-order valence-corrected chi connectivity index (χ4v) is 3.05. The van der Waals surface area contributed by atoms with Gasteiger partial charge in [0.25, 0.3) is 0 Å². The van der Waals surface area contributed by atoms with Gasteiger partial charge in [0.15, 0.2) is 11.5 Å². The second-order valence-corrected chi connectivity index (χ2v) is 6.93. The van der Waals surface area contributed by atoms with Crippen LogP contribution in [0.2, 0.25) is 0 Å². The second-order valence-electron chi connectivity index (χ2n) is 6.08. The molecule has 0 saturated heterocycles. The van der Waals surface area contributed by atoms with Crippen LogP contribution >= 0.6 is 15.9 Å². The molecule has 9 nitrogen and oxygen atoms in total. The maximum absolute atomic E-state index is 11.1. The minimum Gasteiger partial charge on any atom is -0.493 e. The molecule has 0 bridgehead atoms. The Morgan fingerprint density at radius 2 is 2.10 bits per heavy atom. The largest absolute Gasteiger partial charge is 0.493 e. The van der Waals surface area contributed by atoms with Crippen molar-refractivity contribution in [3.8, 4) is 17.6 Å². The normalized spacial score (nSPS) is 10.5. The first-order valence-corrected chi connectivity index (χ1v) is 9.69. The molecule has 0 fully saturated rings. The van der Waals surface area contributed by atoms with Crippen LogP contribution in [0.4, 0.5) is 11.5 Å². The van der Waals surface area contributed by atoms with Crippen molar-refractivity contribution >= 4 is 33.6 Å². The highest BCUT2D eigenvalue weighted by molar-refractivity contribution is 9.10. The minimum absolute atomic E-state index is 0.0305. The van der Waals surface area contributed by atoms with Crippen molar-refractivity contribution in [2.45, 2.75) is 6.61 Å². The average molecular weight is 482 g/mol. The molecule has 3 rings (SSSR count). The Morgan fingerprint density at radius 1 is 1.29 bits per heavy atom. The third-order valence-corrected chi connectivity index (χ3v) is 4.85. The van der Waals surface area contributed by atoms with Crippen molar-refractivity contribution in [3.63, 3.8) is 0 Å². The molecule has 1 N–H and O–H groups in total. The van der Waals surface area contributed by atoms with Crippen molar-refractivity contribution in [2.24, 2.45) is 5.10 Å². The maximum Gasteiger partial charge on any atom is 0.313 e. The Kier molecular flexibility index (Phi) is 7.13. The first-order chi connectivity index (χ1) is 15.0. The topological polar surface area (TPSA) is 123 Å². The molecular weight excluding hydrogens is 466 g/mol. The quantitative estimate of drug-likeness (QED) is 0.282. The summed E-state index contributed by atoms with van der Waals surface area (Å²) in [6, 6.07) is 15.5. The molecule has 0 aliphatic heterocycles. The number of halogens is 1. The molecule has 0 atom stereocenters. The number of nitro groups is 1. The number of rotatable bonds is 8. The number of pyridine rings is 1. The Morgan fingerprint density at radius 3 is 2.84 bits per heavy atom. The lowest BCUT2D eigenvalue weighted by atomic mass is 10.1. The van der Waals surface area contributed by atoms with Gasteiger partial charge in [-0.15, -0.1) is 0 Å². The van der Waals surface area contributed by atoms with Gasteiger partial charge in [0, 0.05) is 27.9 Å². The average Bonchev–Trinajstić information content (AvgIpc) is 2.79. The summed E-state index contributed by atoms with van der Waals surface area (Å²) in [5.74, 6) is 0.971. The van der Waals surface area contributed by atoms with Gasteiger partial charge in [0.05, 0.1) is 29.9 Å². The highest BCUT2D eigenvalue weighted by atomic mass is 79.9. The molecule has 0 aliphatic carbocycles. The number of nitrogens with one attached hydrogen (secondary N) is 1. The summed E-state index contributed by atoms with van der Waals surface area (Å²) in [7, 11) is 1.51. The van der Waals surface area contributed by atoms with Crippen LogP contribution in [0.5, 0.6) is 11.5 Å². The van der Waals surface area contributed by atoms with Crippen LogP contribution in [0.15, 0.2) is 64.3 Å². The lowest BCUT2D eigenvalue weighted by Gasteiger charge is -2.13. The lowest BCUT2D eigenvalue weighted by molar-refractivity contribution is -0.384. The predicted molar refractivity (Wildman–Crippen MR) is 118 cm³/mol. The minimum atomic E-state index is -0.541. The van der Waals surface area contributed by atoms with E-state index in [0.29, 0.717) is 27.1 Å². The van der Waals surface area contributed by atoms with Crippen LogP contribution in [0, 0.1) is 21.4 Å². The number of methoxy groups -OCH3 is 1. The smallest absolute Gasteiger partial charge is 0.313 e. The fourth-order valence-electron chi connectivity index (χ4n) is 2.63. The first kappa shape index (κ1) is 21.7. The molecule has 0 amide bonds. The van der Waals surface area contributed by atoms with Gasteiger partial charge >= 0.3 is 5.69 Å². The monoisotopic (exact) mass is 481 g/mol. The van der Waals surface area contributed by atoms with E-state index in [2.05, 4.69) is 37.5 Å². The van der Waals surface area contributed by atoms with Crippen molar-refractivity contribution in [1.29, 1.82) is 5.26 Å². The summed E-state index contributed by atoms with van der Waals surface area (Å²) < 4.78 is 11.9. The van der Waals surface area contributed by atoms with Crippen LogP contribution in [-0.2, 0) is 6.61 Å². The molecule has 0 radical (unpaired) electrons. The summed E-state index contributed by atoms with van der Waals surface area (Å²) in [6.45, 7) is 0.199. The lowest BCUT2D eigenvalue weighted by Crippen LogP contribution is -2.01. The molecular formula is C21H16BrN5O4. The van der Waals surface area contributed by atoms with E-state index in [1.165, 1.54) is 31.7 Å². The van der Waals surface area contributed by atoms with E-state index in [-0.39, 0.29) is 18.1 Å². The molecule has 156 valence electrons. The van der Waals surface area contributed by atoms with Gasteiger partial charge in [-0.05, 0) is 40.2 Å². The molecule has 2 aromatic carbocycles. The van der Waals surface area contributed by atoms with Gasteiger partial charge in [-0.2, -0.15) is 10.4 Å². The Balaban J connectivity index is 1.77. The van der Waals surface area contributed by atoms with Gasteiger partial charge < -0.3 is 9.47 Å². The molecule has 31 heavy (non-hydrogen) atoms. The van der Waals surface area contributed by atoms with E-state index in [1.807, 2.05) is 12.1 Å². The van der Waals surface area contributed by atoms with Crippen LogP contribution in [0.1, 0.15) is 16.7 Å². The third kappa shape index (κ3) is 5.34. The van der Waals surface area contributed by atoms with E-state index < -0.39 is 4.92 Å². The molecule has 0 spiro atoms. The number of anilines is 1. The zero-order valence-corrected chi connectivity index (χ0v) is 17.9. The zero-order valence-electron chi connectivity index (χ0n) is 16.3. The predicted octanol–water partition coefficient (Wildman–Crippen LogP) is 4.66. The molecule has 0 saturated carbocycles. The maximum atomic E-state index is 11.1. The standard InChI is InChI=1S/C21H16BrN5O4/c1-30-19-9-16(12-25-26-21-18(27(28)29)7-4-8-24-21)17(22)10-20(19)31-13-15-6-3-2-5-14(15)11-23/h2-10,12H,13H2,1H3,(H,24,26)/b25-12-. The Hall–Kier alpha value is -3.97. The van der Waals surface area contributed by atoms with Gasteiger partial charge in [0.2, 0.25) is 5.82 Å². The number of hydrogen-bond acceptors (Lipinski definition) is 8. The summed E-state index contributed by atoms with van der Waals surface area (Å²) in [5.41, 5.74) is 4.34. The molecule has 0 unspecified atom stereocenters. The summed E-state index contributed by atoms with van der Waals surface area (Å²) >= 11 is 3.46. The number of hydrazone groups is 1. The number of nitriles is 1.